The lowest BCUT2D eigenvalue weighted by atomic mass is 9.81. The number of nitrogens with zero attached hydrogens (tertiary/aromatic N) is 2. The number of benzene rings is 2. The average molecular weight is 752 g/mol. The molecule has 2 heterocycles. The van der Waals surface area contributed by atoms with Crippen molar-refractivity contribution in [2.75, 3.05) is 23.7 Å². The quantitative estimate of drug-likeness (QED) is 0.0795. The first-order chi connectivity index (χ1) is 23.1. The summed E-state index contributed by atoms with van der Waals surface area (Å²) in [5, 5.41) is 9.00. The second kappa shape index (κ2) is 14.5. The minimum Gasteiger partial charge on any atom is -0.481 e. The average Bonchev–Trinajstić information content (AvgIpc) is 3.33. The number of unbranched alkanes of at least 4 members (excludes halogenated alkanes) is 2. The van der Waals surface area contributed by atoms with E-state index < -0.39 is 52.9 Å². The smallest absolute Gasteiger partial charge is 0.303 e. The third-order valence-corrected chi connectivity index (χ3v) is 11.6. The van der Waals surface area contributed by atoms with Crippen molar-refractivity contribution < 1.29 is 53.4 Å². The molecule has 2 aliphatic heterocycles. The molecule has 2 aromatic rings. The molecule has 0 saturated heterocycles. The number of hydrogen-bond acceptors (Lipinski definition) is 8. The highest BCUT2D eigenvalue weighted by Gasteiger charge is 2.47. The van der Waals surface area contributed by atoms with Crippen LogP contribution >= 0.6 is 0 Å². The summed E-state index contributed by atoms with van der Waals surface area (Å²) in [6.45, 7) is 8.20. The molecule has 0 saturated carbocycles. The summed E-state index contributed by atoms with van der Waals surface area (Å²) in [6, 6.07) is 8.99. The van der Waals surface area contributed by atoms with Crippen LogP contribution in [0.1, 0.15) is 70.9 Å². The van der Waals surface area contributed by atoms with Gasteiger partial charge in [-0.1, -0.05) is 50.6 Å². The molecule has 0 aliphatic carbocycles. The maximum absolute atomic E-state index is 12.3. The summed E-state index contributed by atoms with van der Waals surface area (Å²) in [5.41, 5.74) is 2.35. The summed E-state index contributed by atoms with van der Waals surface area (Å²) >= 11 is 0. The molecule has 272 valence electrons. The molecular formula is C34H43N2O11S3+. The molecule has 2 aliphatic rings. The van der Waals surface area contributed by atoms with Crippen LogP contribution < -0.4 is 4.90 Å². The first kappa shape index (κ1) is 39.1. The zero-order chi connectivity index (χ0) is 37.3. The molecule has 0 unspecified atom stereocenters. The third-order valence-electron chi connectivity index (χ3n) is 9.10. The minimum atomic E-state index is -4.64. The van der Waals surface area contributed by atoms with Gasteiger partial charge in [-0.25, -0.2) is 0 Å². The molecule has 2 aromatic carbocycles. The minimum absolute atomic E-state index is 0.0193. The van der Waals surface area contributed by atoms with Gasteiger partial charge in [0.15, 0.2) is 10.6 Å². The van der Waals surface area contributed by atoms with E-state index in [-0.39, 0.29) is 34.9 Å². The van der Waals surface area contributed by atoms with Crippen LogP contribution in [0.5, 0.6) is 0 Å². The fourth-order valence-electron chi connectivity index (χ4n) is 6.68. The molecule has 0 fully saturated rings. The number of aliphatic carboxylic acids is 1. The fourth-order valence-corrected chi connectivity index (χ4v) is 8.40. The monoisotopic (exact) mass is 751 g/mol. The first-order valence-electron chi connectivity index (χ1n) is 15.9. The van der Waals surface area contributed by atoms with E-state index in [1.807, 2.05) is 33.8 Å². The molecule has 4 N–H and O–H groups in total. The van der Waals surface area contributed by atoms with Crippen molar-refractivity contribution in [2.45, 2.75) is 80.4 Å². The van der Waals surface area contributed by atoms with Crippen LogP contribution in [-0.4, -0.2) is 79.1 Å². The maximum Gasteiger partial charge on any atom is 0.303 e. The van der Waals surface area contributed by atoms with Crippen LogP contribution in [0.4, 0.5) is 11.4 Å². The number of anilines is 1. The Bertz CT molecular complexity index is 2130. The molecule has 13 nitrogen and oxygen atoms in total. The zero-order valence-electron chi connectivity index (χ0n) is 28.3. The van der Waals surface area contributed by atoms with Crippen LogP contribution in [-0.2, 0) is 46.0 Å². The van der Waals surface area contributed by atoms with Crippen molar-refractivity contribution in [3.63, 3.8) is 0 Å². The highest BCUT2D eigenvalue weighted by atomic mass is 32.2. The zero-order valence-corrected chi connectivity index (χ0v) is 30.7. The molecule has 0 atom stereocenters. The van der Waals surface area contributed by atoms with Crippen molar-refractivity contribution in [2.24, 2.45) is 0 Å². The Morgan fingerprint density at radius 1 is 0.820 bits per heavy atom. The molecular weight excluding hydrogens is 709 g/mol. The SMILES string of the molecule is CC1(C)C(/C=C/C=C/C=C2/N(CCCCCC(=O)O)c3ccc(S(=O)(=O)O)cc3C2(C)C)=[N+](CCCS(=O)(=O)O)c2c1cccc2S(=O)(=O)O. The number of carboxylic acid groups (broad SMARTS) is 1. The van der Waals surface area contributed by atoms with E-state index in [9.17, 15) is 43.7 Å². The Morgan fingerprint density at radius 3 is 2.14 bits per heavy atom. The lowest BCUT2D eigenvalue weighted by Crippen LogP contribution is -2.28. The Kier molecular flexibility index (Phi) is 11.4. The maximum atomic E-state index is 12.3. The van der Waals surface area contributed by atoms with E-state index >= 15 is 0 Å². The van der Waals surface area contributed by atoms with Crippen LogP contribution in [0.3, 0.4) is 0 Å². The second-order valence-corrected chi connectivity index (χ2v) is 17.7. The van der Waals surface area contributed by atoms with Gasteiger partial charge in [0.05, 0.1) is 16.1 Å². The van der Waals surface area contributed by atoms with E-state index in [0.717, 1.165) is 11.4 Å². The number of carbonyl (C=O) groups is 1. The van der Waals surface area contributed by atoms with Gasteiger partial charge in [0.2, 0.25) is 5.69 Å². The normalized spacial score (nSPS) is 18.1. The predicted octanol–water partition coefficient (Wildman–Crippen LogP) is 5.27. The molecule has 16 heteroatoms. The van der Waals surface area contributed by atoms with Gasteiger partial charge in [-0.05, 0) is 62.6 Å². The number of rotatable bonds is 15. The van der Waals surface area contributed by atoms with Crippen LogP contribution in [0, 0.1) is 0 Å². The topological polar surface area (TPSA) is 207 Å². The third kappa shape index (κ3) is 8.61. The molecule has 0 radical (unpaired) electrons. The predicted molar refractivity (Wildman–Crippen MR) is 189 cm³/mol. The number of fused-ring (bicyclic) bond motifs is 2. The van der Waals surface area contributed by atoms with E-state index in [0.29, 0.717) is 42.6 Å². The van der Waals surface area contributed by atoms with Gasteiger partial charge < -0.3 is 10.0 Å². The molecule has 4 rings (SSSR count). The van der Waals surface area contributed by atoms with Crippen molar-refractivity contribution in [3.8, 4) is 0 Å². The van der Waals surface area contributed by atoms with Crippen LogP contribution in [0.15, 0.2) is 82.3 Å². The van der Waals surface area contributed by atoms with E-state index in [1.165, 1.54) is 24.3 Å². The molecule has 0 amide bonds. The van der Waals surface area contributed by atoms with Gasteiger partial charge in [-0.3, -0.25) is 18.5 Å². The van der Waals surface area contributed by atoms with Crippen molar-refractivity contribution in [3.05, 3.63) is 83.6 Å². The first-order valence-corrected chi connectivity index (χ1v) is 20.4. The van der Waals surface area contributed by atoms with Crippen LogP contribution in [0.25, 0.3) is 0 Å². The highest BCUT2D eigenvalue weighted by Crippen LogP contribution is 2.49. The summed E-state index contributed by atoms with van der Waals surface area (Å²) in [4.78, 5) is 12.5. The summed E-state index contributed by atoms with van der Waals surface area (Å²) in [7, 11) is -13.4. The van der Waals surface area contributed by atoms with Gasteiger partial charge in [0.1, 0.15) is 6.54 Å². The largest absolute Gasteiger partial charge is 0.481 e. The lowest BCUT2D eigenvalue weighted by molar-refractivity contribution is -0.440. The molecule has 0 spiro atoms. The van der Waals surface area contributed by atoms with Gasteiger partial charge in [0.25, 0.3) is 20.2 Å². The Balaban J connectivity index is 1.71. The van der Waals surface area contributed by atoms with Crippen molar-refractivity contribution in [1.82, 2.24) is 0 Å². The second-order valence-electron chi connectivity index (χ2n) is 13.4. The number of carboxylic acids is 1. The van der Waals surface area contributed by atoms with Gasteiger partial charge in [-0.2, -0.15) is 29.8 Å². The van der Waals surface area contributed by atoms with Crippen molar-refractivity contribution in [1.29, 1.82) is 0 Å². The van der Waals surface area contributed by atoms with E-state index in [1.54, 1.807) is 41.0 Å². The summed E-state index contributed by atoms with van der Waals surface area (Å²) < 4.78 is 102. The highest BCUT2D eigenvalue weighted by molar-refractivity contribution is 7.86. The van der Waals surface area contributed by atoms with Crippen molar-refractivity contribution >= 4 is 53.4 Å². The Morgan fingerprint density at radius 2 is 1.52 bits per heavy atom. The number of para-hydroxylation sites is 1. The molecule has 50 heavy (non-hydrogen) atoms. The Hall–Kier alpha value is -3.67. The van der Waals surface area contributed by atoms with Gasteiger partial charge in [0, 0.05) is 47.8 Å². The number of hydrogen-bond donors (Lipinski definition) is 4. The fraction of sp³-hybridized carbons (Fsp3) is 0.412. The number of allylic oxidation sites excluding steroid dienone is 6. The Labute approximate surface area is 293 Å². The van der Waals surface area contributed by atoms with E-state index in [2.05, 4.69) is 4.90 Å². The molecule has 0 aromatic heterocycles. The van der Waals surface area contributed by atoms with Crippen LogP contribution in [0.2, 0.25) is 0 Å². The van der Waals surface area contributed by atoms with Gasteiger partial charge >= 0.3 is 16.1 Å². The summed E-state index contributed by atoms with van der Waals surface area (Å²) in [5.74, 6) is -1.41. The molecule has 0 bridgehead atoms. The van der Waals surface area contributed by atoms with Gasteiger partial charge in [-0.15, -0.1) is 0 Å². The standard InChI is InChI=1S/C34H42N2O11S3/c1-33(2)25-13-11-14-28(50(45,46)47)32(25)36(21-12-22-48(39,40)41)30(33)16-8-5-7-15-29-34(3,4)26-23-24(49(42,43)44)18-19-27(26)35(29)20-10-6-9-17-31(37)38/h5,7-8,11,13-16,18-19,23H,6,9-10,12,17,20-22H2,1-4H3,(H3-,37,38,39,40,41,42,43,44,45,46,47)/p+1. The lowest BCUT2D eigenvalue weighted by Gasteiger charge is -2.27. The van der Waals surface area contributed by atoms with E-state index in [4.69, 9.17) is 5.11 Å². The summed E-state index contributed by atoms with van der Waals surface area (Å²) in [6.07, 6.45) is 10.9.